The van der Waals surface area contributed by atoms with E-state index >= 15 is 0 Å². The van der Waals surface area contributed by atoms with Gasteiger partial charge in [0.15, 0.2) is 0 Å². The molecule has 2 atom stereocenters. The molecule has 1 saturated heterocycles. The lowest BCUT2D eigenvalue weighted by Gasteiger charge is -2.40. The van der Waals surface area contributed by atoms with Gasteiger partial charge in [-0.05, 0) is 13.3 Å². The number of nitrogens with zero attached hydrogens (tertiary/aromatic N) is 6. The van der Waals surface area contributed by atoms with Crippen molar-refractivity contribution >= 4 is 11.3 Å². The third kappa shape index (κ3) is 2.13. The zero-order valence-corrected chi connectivity index (χ0v) is 12.1. The highest BCUT2D eigenvalue weighted by atomic mass is 32.1. The summed E-state index contributed by atoms with van der Waals surface area (Å²) < 4.78 is 8.01. The van der Waals surface area contributed by atoms with E-state index in [0.717, 1.165) is 41.8 Å². The molecule has 0 unspecified atom stereocenters. The molecular weight excluding hydrogens is 276 g/mol. The molecule has 8 heteroatoms. The van der Waals surface area contributed by atoms with Crippen LogP contribution in [0.5, 0.6) is 0 Å². The molecule has 4 rings (SSSR count). The first-order valence-electron chi connectivity index (χ1n) is 6.81. The van der Waals surface area contributed by atoms with Crippen LogP contribution in [0.15, 0.2) is 6.20 Å². The summed E-state index contributed by atoms with van der Waals surface area (Å²) in [5, 5.41) is 18.6. The summed E-state index contributed by atoms with van der Waals surface area (Å²) in [6, 6.07) is 0.327. The lowest BCUT2D eigenvalue weighted by atomic mass is 10.0. The second kappa shape index (κ2) is 4.87. The predicted molar refractivity (Wildman–Crippen MR) is 72.2 cm³/mol. The number of ether oxygens (including phenoxy) is 1. The minimum absolute atomic E-state index is 0.201. The van der Waals surface area contributed by atoms with Crippen LogP contribution in [0, 0.1) is 6.92 Å². The van der Waals surface area contributed by atoms with Crippen molar-refractivity contribution in [2.75, 3.05) is 13.1 Å². The van der Waals surface area contributed by atoms with Crippen LogP contribution in [0.1, 0.15) is 28.2 Å². The van der Waals surface area contributed by atoms with Gasteiger partial charge in [-0.15, -0.1) is 26.6 Å². The molecular formula is C12H16N6OS. The van der Waals surface area contributed by atoms with Gasteiger partial charge in [-0.1, -0.05) is 5.21 Å². The predicted octanol–water partition coefficient (Wildman–Crippen LogP) is 0.784. The summed E-state index contributed by atoms with van der Waals surface area (Å²) in [4.78, 5) is 2.39. The standard InChI is InChI=1S/C12H16N6OS/c1-8-14-15-12(20-8)6-17-3-2-10-11(5-17)19-7-9-4-13-16-18(9)10/h4,10-11H,2-3,5-7H2,1H3/t10-,11-/m0/s1. The zero-order chi connectivity index (χ0) is 13.5. The number of rotatable bonds is 2. The average molecular weight is 292 g/mol. The summed E-state index contributed by atoms with van der Waals surface area (Å²) in [5.74, 6) is 0. The Morgan fingerprint density at radius 3 is 3.25 bits per heavy atom. The lowest BCUT2D eigenvalue weighted by molar-refractivity contribution is -0.0704. The van der Waals surface area contributed by atoms with Crippen LogP contribution in [-0.2, 0) is 17.9 Å². The topological polar surface area (TPSA) is 69.0 Å². The van der Waals surface area contributed by atoms with Crippen molar-refractivity contribution in [1.29, 1.82) is 0 Å². The summed E-state index contributed by atoms with van der Waals surface area (Å²) in [5.41, 5.74) is 1.08. The normalized spacial score (nSPS) is 26.2. The second-order valence-corrected chi connectivity index (χ2v) is 6.59. The smallest absolute Gasteiger partial charge is 0.131 e. The Labute approximate surface area is 120 Å². The Kier molecular flexibility index (Phi) is 3.01. The van der Waals surface area contributed by atoms with E-state index < -0.39 is 0 Å². The Hall–Kier alpha value is -1.38. The first kappa shape index (κ1) is 12.4. The largest absolute Gasteiger partial charge is 0.368 e. The van der Waals surface area contributed by atoms with E-state index in [1.54, 1.807) is 17.5 Å². The fourth-order valence-electron chi connectivity index (χ4n) is 2.99. The molecule has 20 heavy (non-hydrogen) atoms. The van der Waals surface area contributed by atoms with Gasteiger partial charge >= 0.3 is 0 Å². The Morgan fingerprint density at radius 1 is 1.45 bits per heavy atom. The summed E-state index contributed by atoms with van der Waals surface area (Å²) in [6.45, 7) is 5.41. The van der Waals surface area contributed by atoms with E-state index in [0.29, 0.717) is 12.6 Å². The molecule has 2 aromatic rings. The first-order chi connectivity index (χ1) is 9.79. The molecule has 0 radical (unpaired) electrons. The van der Waals surface area contributed by atoms with Crippen LogP contribution in [-0.4, -0.2) is 49.3 Å². The molecule has 2 aromatic heterocycles. The van der Waals surface area contributed by atoms with E-state index in [-0.39, 0.29) is 6.10 Å². The van der Waals surface area contributed by atoms with Crippen LogP contribution in [0.2, 0.25) is 0 Å². The molecule has 106 valence electrons. The molecule has 0 saturated carbocycles. The summed E-state index contributed by atoms with van der Waals surface area (Å²) in [7, 11) is 0. The highest BCUT2D eigenvalue weighted by molar-refractivity contribution is 7.11. The van der Waals surface area contributed by atoms with Gasteiger partial charge in [0.1, 0.15) is 10.0 Å². The molecule has 7 nitrogen and oxygen atoms in total. The van der Waals surface area contributed by atoms with Gasteiger partial charge in [-0.25, -0.2) is 4.68 Å². The van der Waals surface area contributed by atoms with Crippen LogP contribution in [0.25, 0.3) is 0 Å². The Balaban J connectivity index is 1.46. The highest BCUT2D eigenvalue weighted by Crippen LogP contribution is 2.31. The average Bonchev–Trinajstić information content (AvgIpc) is 3.07. The molecule has 1 fully saturated rings. The van der Waals surface area contributed by atoms with Crippen LogP contribution < -0.4 is 0 Å². The fourth-order valence-corrected chi connectivity index (χ4v) is 3.74. The van der Waals surface area contributed by atoms with Gasteiger partial charge in [0.2, 0.25) is 0 Å². The molecule has 0 aromatic carbocycles. The number of fused-ring (bicyclic) bond motifs is 3. The number of piperidine rings is 1. The van der Waals surface area contributed by atoms with Gasteiger partial charge in [0.05, 0.1) is 37.2 Å². The van der Waals surface area contributed by atoms with Crippen molar-refractivity contribution in [2.45, 2.75) is 38.6 Å². The fraction of sp³-hybridized carbons (Fsp3) is 0.667. The SMILES string of the molecule is Cc1nnc(CN2CC[C@H]3[C@H](C2)OCc2cnnn23)s1. The lowest BCUT2D eigenvalue weighted by Crippen LogP contribution is -2.48. The molecule has 0 amide bonds. The maximum absolute atomic E-state index is 5.96. The Bertz CT molecular complexity index is 611. The first-order valence-corrected chi connectivity index (χ1v) is 7.63. The molecule has 0 bridgehead atoms. The zero-order valence-electron chi connectivity index (χ0n) is 11.3. The van der Waals surface area contributed by atoms with Crippen LogP contribution in [0.4, 0.5) is 0 Å². The molecule has 2 aliphatic rings. The Morgan fingerprint density at radius 2 is 2.40 bits per heavy atom. The minimum Gasteiger partial charge on any atom is -0.368 e. The quantitative estimate of drug-likeness (QED) is 0.815. The number of hydrogen-bond donors (Lipinski definition) is 0. The highest BCUT2D eigenvalue weighted by Gasteiger charge is 2.36. The van der Waals surface area contributed by atoms with Gasteiger partial charge in [-0.2, -0.15) is 0 Å². The van der Waals surface area contributed by atoms with E-state index in [1.807, 2.05) is 11.6 Å². The maximum Gasteiger partial charge on any atom is 0.131 e. The van der Waals surface area contributed by atoms with Crippen molar-refractivity contribution in [3.8, 4) is 0 Å². The summed E-state index contributed by atoms with van der Waals surface area (Å²) >= 11 is 1.67. The number of aryl methyl sites for hydroxylation is 1. The molecule has 0 spiro atoms. The van der Waals surface area contributed by atoms with Crippen molar-refractivity contribution in [3.05, 3.63) is 21.9 Å². The van der Waals surface area contributed by atoms with E-state index in [1.165, 1.54) is 0 Å². The number of aromatic nitrogens is 5. The number of hydrogen-bond acceptors (Lipinski definition) is 7. The second-order valence-electron chi connectivity index (χ2n) is 5.33. The van der Waals surface area contributed by atoms with Crippen LogP contribution in [0.3, 0.4) is 0 Å². The van der Waals surface area contributed by atoms with Crippen molar-refractivity contribution in [3.63, 3.8) is 0 Å². The monoisotopic (exact) mass is 292 g/mol. The molecule has 2 aliphatic heterocycles. The molecule has 0 N–H and O–H groups in total. The van der Waals surface area contributed by atoms with Crippen molar-refractivity contribution < 1.29 is 4.74 Å². The van der Waals surface area contributed by atoms with Crippen molar-refractivity contribution in [1.82, 2.24) is 30.1 Å². The van der Waals surface area contributed by atoms with Gasteiger partial charge in [0.25, 0.3) is 0 Å². The van der Waals surface area contributed by atoms with Gasteiger partial charge in [-0.3, -0.25) is 4.90 Å². The minimum atomic E-state index is 0.201. The van der Waals surface area contributed by atoms with E-state index in [9.17, 15) is 0 Å². The van der Waals surface area contributed by atoms with E-state index in [2.05, 4.69) is 25.4 Å². The molecule has 0 aliphatic carbocycles. The molecule has 4 heterocycles. The van der Waals surface area contributed by atoms with Gasteiger partial charge < -0.3 is 4.74 Å². The third-order valence-electron chi connectivity index (χ3n) is 3.94. The maximum atomic E-state index is 5.96. The third-order valence-corrected chi connectivity index (χ3v) is 4.77. The van der Waals surface area contributed by atoms with E-state index in [4.69, 9.17) is 4.74 Å². The number of likely N-dealkylation sites (tertiary alicyclic amines) is 1. The van der Waals surface area contributed by atoms with Gasteiger partial charge in [0, 0.05) is 13.1 Å². The van der Waals surface area contributed by atoms with Crippen molar-refractivity contribution in [2.24, 2.45) is 0 Å². The summed E-state index contributed by atoms with van der Waals surface area (Å²) in [6.07, 6.45) is 3.04. The van der Waals surface area contributed by atoms with Crippen LogP contribution >= 0.6 is 11.3 Å².